The van der Waals surface area contributed by atoms with Crippen LogP contribution >= 0.6 is 31.9 Å². The second kappa shape index (κ2) is 2.81. The predicted molar refractivity (Wildman–Crippen MR) is 57.6 cm³/mol. The first-order valence-corrected chi connectivity index (χ1v) is 5.98. The molecular weight excluding hydrogens is 296 g/mol. The zero-order chi connectivity index (χ0) is 9.00. The van der Waals surface area contributed by atoms with Gasteiger partial charge in [-0.15, -0.1) is 0 Å². The molecule has 2 heterocycles. The van der Waals surface area contributed by atoms with Gasteiger partial charge in [-0.25, -0.2) is 0 Å². The Morgan fingerprint density at radius 1 is 1.00 bits per heavy atom. The van der Waals surface area contributed by atoms with Crippen molar-refractivity contribution in [2.45, 2.75) is 25.0 Å². The average molecular weight is 304 g/mol. The van der Waals surface area contributed by atoms with Gasteiger partial charge in [0.05, 0.1) is 12.2 Å². The van der Waals surface area contributed by atoms with Crippen LogP contribution in [0, 0.1) is 0 Å². The number of hydrogen-bond acceptors (Lipinski definition) is 1. The number of fused-ring (bicyclic) bond motifs is 5. The quantitative estimate of drug-likeness (QED) is 0.700. The summed E-state index contributed by atoms with van der Waals surface area (Å²) in [6.45, 7) is 0. The molecule has 0 spiro atoms. The Morgan fingerprint density at radius 3 is 1.92 bits per heavy atom. The van der Waals surface area contributed by atoms with Gasteiger partial charge < -0.3 is 4.74 Å². The van der Waals surface area contributed by atoms with Crippen molar-refractivity contribution in [1.82, 2.24) is 0 Å². The standard InChI is InChI=1S/C10H8Br2O/c11-7-3-5-6(4-8(7)12)10-2-1-9(5)13-10/h3-4,9-10H,1-2H2/t9-,10-/m1/s1. The van der Waals surface area contributed by atoms with E-state index in [1.54, 1.807) is 0 Å². The van der Waals surface area contributed by atoms with Gasteiger partial charge in [-0.2, -0.15) is 0 Å². The van der Waals surface area contributed by atoms with E-state index in [-0.39, 0.29) is 0 Å². The molecule has 1 nitrogen and oxygen atoms in total. The first-order valence-electron chi connectivity index (χ1n) is 4.40. The molecule has 2 aliphatic rings. The molecule has 0 aromatic heterocycles. The normalized spacial score (nSPS) is 29.4. The molecular formula is C10H8Br2O. The predicted octanol–water partition coefficient (Wildman–Crippen LogP) is 4.12. The van der Waals surface area contributed by atoms with E-state index in [0.29, 0.717) is 12.2 Å². The summed E-state index contributed by atoms with van der Waals surface area (Å²) in [5.41, 5.74) is 2.76. The molecule has 0 aliphatic carbocycles. The Morgan fingerprint density at radius 2 is 1.46 bits per heavy atom. The van der Waals surface area contributed by atoms with Gasteiger partial charge >= 0.3 is 0 Å². The van der Waals surface area contributed by atoms with E-state index in [9.17, 15) is 0 Å². The van der Waals surface area contributed by atoms with Crippen LogP contribution in [-0.2, 0) is 4.74 Å². The molecule has 68 valence electrons. The summed E-state index contributed by atoms with van der Waals surface area (Å²) in [5.74, 6) is 0. The van der Waals surface area contributed by atoms with Crippen LogP contribution in [0.25, 0.3) is 0 Å². The topological polar surface area (TPSA) is 9.23 Å². The van der Waals surface area contributed by atoms with Crippen LogP contribution in [0.4, 0.5) is 0 Å². The van der Waals surface area contributed by atoms with E-state index in [0.717, 1.165) is 8.95 Å². The molecule has 1 saturated heterocycles. The summed E-state index contributed by atoms with van der Waals surface area (Å²) < 4.78 is 8.07. The van der Waals surface area contributed by atoms with E-state index < -0.39 is 0 Å². The Balaban J connectivity index is 2.22. The third-order valence-electron chi connectivity index (χ3n) is 2.84. The van der Waals surface area contributed by atoms with Crippen molar-refractivity contribution in [3.8, 4) is 0 Å². The zero-order valence-electron chi connectivity index (χ0n) is 6.89. The van der Waals surface area contributed by atoms with Crippen LogP contribution in [0.2, 0.25) is 0 Å². The molecule has 0 unspecified atom stereocenters. The molecule has 1 fully saturated rings. The lowest BCUT2D eigenvalue weighted by Crippen LogP contribution is -1.97. The lowest BCUT2D eigenvalue weighted by Gasteiger charge is -2.12. The zero-order valence-corrected chi connectivity index (χ0v) is 10.1. The van der Waals surface area contributed by atoms with Crippen LogP contribution in [0.3, 0.4) is 0 Å². The number of halogens is 2. The summed E-state index contributed by atoms with van der Waals surface area (Å²) in [5, 5.41) is 0. The van der Waals surface area contributed by atoms with E-state index in [1.165, 1.54) is 24.0 Å². The SMILES string of the molecule is Brc1cc2c(cc1Br)[C@H]1CC[C@H]2O1. The van der Waals surface area contributed by atoms with Crippen molar-refractivity contribution in [2.75, 3.05) is 0 Å². The molecule has 3 rings (SSSR count). The van der Waals surface area contributed by atoms with Gasteiger partial charge in [-0.1, -0.05) is 0 Å². The first kappa shape index (κ1) is 8.45. The molecule has 13 heavy (non-hydrogen) atoms. The summed E-state index contributed by atoms with van der Waals surface area (Å²) >= 11 is 7.04. The van der Waals surface area contributed by atoms with Crippen molar-refractivity contribution in [3.05, 3.63) is 32.2 Å². The van der Waals surface area contributed by atoms with Crippen molar-refractivity contribution in [3.63, 3.8) is 0 Å². The first-order chi connectivity index (χ1) is 6.25. The lowest BCUT2D eigenvalue weighted by molar-refractivity contribution is 0.0716. The minimum atomic E-state index is 0.365. The second-order valence-corrected chi connectivity index (χ2v) is 5.29. The highest BCUT2D eigenvalue weighted by molar-refractivity contribution is 9.13. The van der Waals surface area contributed by atoms with Crippen molar-refractivity contribution in [1.29, 1.82) is 0 Å². The van der Waals surface area contributed by atoms with Gasteiger partial charge in [-0.3, -0.25) is 0 Å². The van der Waals surface area contributed by atoms with E-state index in [2.05, 4.69) is 44.0 Å². The highest BCUT2D eigenvalue weighted by atomic mass is 79.9. The molecule has 0 radical (unpaired) electrons. The van der Waals surface area contributed by atoms with E-state index in [4.69, 9.17) is 4.74 Å². The van der Waals surface area contributed by atoms with Crippen LogP contribution in [0.5, 0.6) is 0 Å². The van der Waals surface area contributed by atoms with Gasteiger partial charge in [0, 0.05) is 8.95 Å². The molecule has 1 aromatic rings. The molecule has 0 amide bonds. The fraction of sp³-hybridized carbons (Fsp3) is 0.400. The van der Waals surface area contributed by atoms with Gasteiger partial charge in [0.1, 0.15) is 0 Å². The van der Waals surface area contributed by atoms with Gasteiger partial charge in [-0.05, 0) is 68.0 Å². The third-order valence-corrected chi connectivity index (χ3v) is 4.68. The molecule has 0 saturated carbocycles. The number of ether oxygens (including phenoxy) is 1. The van der Waals surface area contributed by atoms with Crippen LogP contribution in [0.15, 0.2) is 21.1 Å². The van der Waals surface area contributed by atoms with Crippen LogP contribution in [-0.4, -0.2) is 0 Å². The maximum absolute atomic E-state index is 5.81. The molecule has 2 aliphatic heterocycles. The van der Waals surface area contributed by atoms with Gasteiger partial charge in [0.25, 0.3) is 0 Å². The maximum Gasteiger partial charge on any atom is 0.0838 e. The molecule has 3 heteroatoms. The summed E-state index contributed by atoms with van der Waals surface area (Å²) in [7, 11) is 0. The average Bonchev–Trinajstić information content (AvgIpc) is 2.67. The summed E-state index contributed by atoms with van der Waals surface area (Å²) in [6.07, 6.45) is 3.10. The maximum atomic E-state index is 5.81. The molecule has 1 aromatic carbocycles. The molecule has 0 N–H and O–H groups in total. The fourth-order valence-corrected chi connectivity index (χ4v) is 2.95. The minimum absolute atomic E-state index is 0.365. The minimum Gasteiger partial charge on any atom is -0.366 e. The monoisotopic (exact) mass is 302 g/mol. The van der Waals surface area contributed by atoms with Gasteiger partial charge in [0.15, 0.2) is 0 Å². The Kier molecular flexibility index (Phi) is 1.83. The van der Waals surface area contributed by atoms with Gasteiger partial charge in [0.2, 0.25) is 0 Å². The Hall–Kier alpha value is 0.140. The van der Waals surface area contributed by atoms with Crippen LogP contribution < -0.4 is 0 Å². The molecule has 2 bridgehead atoms. The van der Waals surface area contributed by atoms with Crippen molar-refractivity contribution < 1.29 is 4.74 Å². The van der Waals surface area contributed by atoms with E-state index >= 15 is 0 Å². The summed E-state index contributed by atoms with van der Waals surface area (Å²) in [6, 6.07) is 4.37. The summed E-state index contributed by atoms with van der Waals surface area (Å²) in [4.78, 5) is 0. The smallest absolute Gasteiger partial charge is 0.0838 e. The highest BCUT2D eigenvalue weighted by Crippen LogP contribution is 2.52. The lowest BCUT2D eigenvalue weighted by atomic mass is 9.92. The Bertz CT molecular complexity index is 340. The second-order valence-electron chi connectivity index (χ2n) is 3.59. The van der Waals surface area contributed by atoms with Crippen molar-refractivity contribution >= 4 is 31.9 Å². The number of benzene rings is 1. The largest absolute Gasteiger partial charge is 0.366 e. The highest BCUT2D eigenvalue weighted by Gasteiger charge is 2.38. The number of hydrogen-bond donors (Lipinski definition) is 0. The fourth-order valence-electron chi connectivity index (χ4n) is 2.23. The number of rotatable bonds is 0. The Labute approximate surface area is 93.7 Å². The van der Waals surface area contributed by atoms with E-state index in [1.807, 2.05) is 0 Å². The van der Waals surface area contributed by atoms with Crippen LogP contribution in [0.1, 0.15) is 36.2 Å². The van der Waals surface area contributed by atoms with Crippen molar-refractivity contribution in [2.24, 2.45) is 0 Å². The molecule has 2 atom stereocenters. The third kappa shape index (κ3) is 1.14.